The molecule has 1 aromatic heterocycles. The van der Waals surface area contributed by atoms with Crippen LogP contribution in [-0.2, 0) is 20.8 Å². The van der Waals surface area contributed by atoms with Crippen LogP contribution < -0.4 is 15.4 Å². The summed E-state index contributed by atoms with van der Waals surface area (Å²) in [6, 6.07) is 11.8. The topological polar surface area (TPSA) is 138 Å². The maximum absolute atomic E-state index is 13.7. The van der Waals surface area contributed by atoms with Gasteiger partial charge in [-0.05, 0) is 61.4 Å². The standard InChI is InChI=1S/C33H32Cl2N4O6/c1-45-27-5-3-2-4-20(27)10-15-28(40)39-23-13-8-21(9-14-23)30(39)32(42)38-26(33(43)44)16-19-6-11-22(12-7-19)37-31(41)29-24(34)17-36-18-25(29)35/h2-7,10-12,15,17-18,21,23,26,30H,8-9,13-14,16H2,1H3,(H,37,41)(H,38,42)(H,43,44)/b15-10+/t21?,23?,26-,30?/m0/s1. The third-order valence-electron chi connectivity index (χ3n) is 8.30. The van der Waals surface area contributed by atoms with Gasteiger partial charge >= 0.3 is 5.97 Å². The van der Waals surface area contributed by atoms with Crippen molar-refractivity contribution in [3.8, 4) is 5.75 Å². The fourth-order valence-corrected chi connectivity index (χ4v) is 6.63. The molecule has 0 spiro atoms. The van der Waals surface area contributed by atoms with Gasteiger partial charge in [-0.1, -0.05) is 53.5 Å². The number of nitrogens with one attached hydrogen (secondary N) is 2. The molecule has 12 heteroatoms. The van der Waals surface area contributed by atoms with Crippen LogP contribution in [-0.4, -0.2) is 63.9 Å². The monoisotopic (exact) mass is 650 g/mol. The Morgan fingerprint density at radius 3 is 2.33 bits per heavy atom. The van der Waals surface area contributed by atoms with E-state index in [9.17, 15) is 24.3 Å². The lowest BCUT2D eigenvalue weighted by Gasteiger charge is -2.50. The minimum atomic E-state index is -1.23. The van der Waals surface area contributed by atoms with E-state index in [1.807, 2.05) is 18.2 Å². The zero-order valence-corrected chi connectivity index (χ0v) is 25.9. The van der Waals surface area contributed by atoms with E-state index in [4.69, 9.17) is 27.9 Å². The normalized spacial score (nSPS) is 19.6. The summed E-state index contributed by atoms with van der Waals surface area (Å²) in [5.74, 6) is -1.93. The number of hydrogen-bond donors (Lipinski definition) is 3. The highest BCUT2D eigenvalue weighted by atomic mass is 35.5. The van der Waals surface area contributed by atoms with Gasteiger partial charge in [-0.25, -0.2) is 4.79 Å². The number of ether oxygens (including phenoxy) is 1. The number of carboxylic acids is 1. The van der Waals surface area contributed by atoms with Crippen molar-refractivity contribution in [2.75, 3.05) is 12.4 Å². The molecule has 234 valence electrons. The predicted octanol–water partition coefficient (Wildman–Crippen LogP) is 5.24. The number of hydrogen-bond acceptors (Lipinski definition) is 6. The third-order valence-corrected chi connectivity index (χ3v) is 8.87. The first-order chi connectivity index (χ1) is 21.7. The van der Waals surface area contributed by atoms with E-state index < -0.39 is 29.9 Å². The quantitative estimate of drug-likeness (QED) is 0.255. The van der Waals surface area contributed by atoms with E-state index in [0.717, 1.165) is 31.2 Å². The van der Waals surface area contributed by atoms with E-state index in [1.54, 1.807) is 48.4 Å². The molecule has 2 aliphatic heterocycles. The van der Waals surface area contributed by atoms with Gasteiger partial charge in [0.05, 0.1) is 22.7 Å². The van der Waals surface area contributed by atoms with Gasteiger partial charge in [-0.3, -0.25) is 19.4 Å². The Morgan fingerprint density at radius 2 is 1.69 bits per heavy atom. The number of anilines is 1. The molecular weight excluding hydrogens is 619 g/mol. The molecule has 0 radical (unpaired) electrons. The highest BCUT2D eigenvalue weighted by molar-refractivity contribution is 6.40. The Kier molecular flexibility index (Phi) is 10.0. The Morgan fingerprint density at radius 1 is 1.02 bits per heavy atom. The number of amides is 3. The minimum Gasteiger partial charge on any atom is -0.496 e. The van der Waals surface area contributed by atoms with Gasteiger partial charge in [-0.2, -0.15) is 0 Å². The minimum absolute atomic E-state index is 0.000221. The fraction of sp³-hybridized carbons (Fsp3) is 0.303. The number of methoxy groups -OCH3 is 1. The maximum Gasteiger partial charge on any atom is 0.326 e. The summed E-state index contributed by atoms with van der Waals surface area (Å²) >= 11 is 12.1. The number of rotatable bonds is 10. The summed E-state index contributed by atoms with van der Waals surface area (Å²) < 4.78 is 5.37. The molecule has 1 saturated carbocycles. The van der Waals surface area contributed by atoms with Crippen LogP contribution in [0.5, 0.6) is 5.75 Å². The summed E-state index contributed by atoms with van der Waals surface area (Å²) in [5.41, 5.74) is 1.89. The number of para-hydroxylation sites is 1. The van der Waals surface area contributed by atoms with Crippen LogP contribution in [0, 0.1) is 5.92 Å². The SMILES string of the molecule is COc1ccccc1/C=C/C(=O)N1C2CCC(CC2)C1C(=O)N[C@@H](Cc1ccc(NC(=O)c2c(Cl)cncc2Cl)cc1)C(=O)O. The van der Waals surface area contributed by atoms with Gasteiger partial charge in [-0.15, -0.1) is 0 Å². The van der Waals surface area contributed by atoms with Crippen molar-refractivity contribution in [1.29, 1.82) is 0 Å². The third kappa shape index (κ3) is 7.29. The van der Waals surface area contributed by atoms with Crippen molar-refractivity contribution in [2.24, 2.45) is 5.92 Å². The number of benzene rings is 2. The van der Waals surface area contributed by atoms with E-state index >= 15 is 0 Å². The smallest absolute Gasteiger partial charge is 0.326 e. The van der Waals surface area contributed by atoms with Crippen molar-refractivity contribution >= 4 is 58.7 Å². The molecule has 3 aromatic rings. The Labute approximate surface area is 270 Å². The van der Waals surface area contributed by atoms with Gasteiger partial charge in [0.15, 0.2) is 0 Å². The van der Waals surface area contributed by atoms with E-state index in [2.05, 4.69) is 15.6 Å². The molecule has 2 aromatic carbocycles. The zero-order chi connectivity index (χ0) is 32.1. The Hall–Kier alpha value is -4.41. The molecule has 2 atom stereocenters. The molecule has 3 aliphatic rings. The van der Waals surface area contributed by atoms with Crippen LogP contribution in [0.15, 0.2) is 67.0 Å². The summed E-state index contributed by atoms with van der Waals surface area (Å²) in [7, 11) is 1.56. The molecule has 45 heavy (non-hydrogen) atoms. The average Bonchev–Trinajstić information content (AvgIpc) is 3.04. The van der Waals surface area contributed by atoms with Crippen molar-refractivity contribution in [3.05, 3.63) is 93.7 Å². The predicted molar refractivity (Wildman–Crippen MR) is 170 cm³/mol. The summed E-state index contributed by atoms with van der Waals surface area (Å²) in [4.78, 5) is 57.5. The number of nitrogens with zero attached hydrogens (tertiary/aromatic N) is 2. The second-order valence-corrected chi connectivity index (χ2v) is 11.9. The summed E-state index contributed by atoms with van der Waals surface area (Å²) in [6.45, 7) is 0. The number of halogens is 2. The van der Waals surface area contributed by atoms with Gasteiger partial charge in [0, 0.05) is 42.2 Å². The van der Waals surface area contributed by atoms with Crippen molar-refractivity contribution in [1.82, 2.24) is 15.2 Å². The number of carbonyl (C=O) groups is 4. The molecule has 2 bridgehead atoms. The van der Waals surface area contributed by atoms with Crippen molar-refractivity contribution < 1.29 is 29.0 Å². The molecule has 6 rings (SSSR count). The Balaban J connectivity index is 1.26. The van der Waals surface area contributed by atoms with Crippen LogP contribution >= 0.6 is 23.2 Å². The highest BCUT2D eigenvalue weighted by Crippen LogP contribution is 2.40. The molecule has 1 unspecified atom stereocenters. The Bertz CT molecular complexity index is 1600. The van der Waals surface area contributed by atoms with E-state index in [0.29, 0.717) is 17.0 Å². The molecule has 3 amide bonds. The van der Waals surface area contributed by atoms with Gasteiger partial charge in [0.25, 0.3) is 5.91 Å². The van der Waals surface area contributed by atoms with Crippen LogP contribution in [0.2, 0.25) is 10.0 Å². The average molecular weight is 652 g/mol. The maximum atomic E-state index is 13.7. The van der Waals surface area contributed by atoms with Crippen LogP contribution in [0.3, 0.4) is 0 Å². The molecular formula is C33H32Cl2N4O6. The number of piperidine rings is 2. The second kappa shape index (κ2) is 14.1. The molecule has 2 saturated heterocycles. The van der Waals surface area contributed by atoms with Gasteiger partial charge < -0.3 is 25.4 Å². The molecule has 3 N–H and O–H groups in total. The van der Waals surface area contributed by atoms with Crippen molar-refractivity contribution in [2.45, 2.75) is 50.2 Å². The number of fused-ring (bicyclic) bond motifs is 3. The number of carbonyl (C=O) groups excluding carboxylic acids is 3. The largest absolute Gasteiger partial charge is 0.496 e. The van der Waals surface area contributed by atoms with Crippen LogP contribution in [0.25, 0.3) is 6.08 Å². The first-order valence-electron chi connectivity index (χ1n) is 14.5. The van der Waals surface area contributed by atoms with E-state index in [1.165, 1.54) is 18.5 Å². The fourth-order valence-electron chi connectivity index (χ4n) is 6.10. The van der Waals surface area contributed by atoms with Crippen LogP contribution in [0.1, 0.15) is 47.2 Å². The molecule has 3 fully saturated rings. The van der Waals surface area contributed by atoms with Crippen LogP contribution in [0.4, 0.5) is 5.69 Å². The first kappa shape index (κ1) is 32.0. The molecule has 3 heterocycles. The number of aromatic nitrogens is 1. The lowest BCUT2D eigenvalue weighted by molar-refractivity contribution is -0.151. The highest BCUT2D eigenvalue weighted by Gasteiger charge is 2.47. The van der Waals surface area contributed by atoms with Gasteiger partial charge in [0.1, 0.15) is 17.8 Å². The summed E-state index contributed by atoms with van der Waals surface area (Å²) in [5, 5.41) is 15.6. The lowest BCUT2D eigenvalue weighted by Crippen LogP contribution is -2.63. The van der Waals surface area contributed by atoms with Crippen molar-refractivity contribution in [3.63, 3.8) is 0 Å². The van der Waals surface area contributed by atoms with E-state index in [-0.39, 0.29) is 39.9 Å². The molecule has 10 nitrogen and oxygen atoms in total. The summed E-state index contributed by atoms with van der Waals surface area (Å²) in [6.07, 6.45) is 8.94. The lowest BCUT2D eigenvalue weighted by atomic mass is 9.74. The zero-order valence-electron chi connectivity index (χ0n) is 24.4. The second-order valence-electron chi connectivity index (χ2n) is 11.1. The number of carboxylic acid groups (broad SMARTS) is 1. The number of aliphatic carboxylic acids is 1. The number of pyridine rings is 1. The molecule has 1 aliphatic carbocycles. The first-order valence-corrected chi connectivity index (χ1v) is 15.3. The van der Waals surface area contributed by atoms with Gasteiger partial charge in [0.2, 0.25) is 11.8 Å².